The molecule has 0 aromatic carbocycles. The lowest BCUT2D eigenvalue weighted by atomic mass is 9.87. The third-order valence-electron chi connectivity index (χ3n) is 3.52. The van der Waals surface area contributed by atoms with Crippen LogP contribution in [-0.2, 0) is 4.79 Å². The van der Waals surface area contributed by atoms with Crippen LogP contribution in [0.25, 0.3) is 0 Å². The van der Waals surface area contributed by atoms with E-state index in [9.17, 15) is 4.79 Å². The van der Waals surface area contributed by atoms with Gasteiger partial charge < -0.3 is 9.69 Å². The van der Waals surface area contributed by atoms with Crippen LogP contribution in [0.4, 0.5) is 0 Å². The molecular formula is C13H25NO. The summed E-state index contributed by atoms with van der Waals surface area (Å²) in [6.07, 6.45) is 7.11. The Morgan fingerprint density at radius 1 is 1.33 bits per heavy atom. The van der Waals surface area contributed by atoms with Gasteiger partial charge in [0, 0.05) is 12.0 Å². The SMILES string of the molecule is CC(C)CCN(C)CC1(C=O)CCCC1. The molecular weight excluding hydrogens is 186 g/mol. The fourth-order valence-corrected chi connectivity index (χ4v) is 2.49. The monoisotopic (exact) mass is 211 g/mol. The van der Waals surface area contributed by atoms with Gasteiger partial charge in [-0.3, -0.25) is 0 Å². The maximum absolute atomic E-state index is 11.2. The van der Waals surface area contributed by atoms with Gasteiger partial charge in [0.15, 0.2) is 0 Å². The van der Waals surface area contributed by atoms with Crippen LogP contribution < -0.4 is 0 Å². The van der Waals surface area contributed by atoms with Crippen LogP contribution in [0, 0.1) is 11.3 Å². The second-order valence-corrected chi connectivity index (χ2v) is 5.61. The van der Waals surface area contributed by atoms with Crippen LogP contribution in [-0.4, -0.2) is 31.3 Å². The van der Waals surface area contributed by atoms with Gasteiger partial charge >= 0.3 is 0 Å². The number of aldehydes is 1. The van der Waals surface area contributed by atoms with E-state index in [1.165, 1.54) is 25.5 Å². The summed E-state index contributed by atoms with van der Waals surface area (Å²) in [5, 5.41) is 0. The molecule has 0 heterocycles. The minimum atomic E-state index is -0.00820. The first-order valence-electron chi connectivity index (χ1n) is 6.23. The van der Waals surface area contributed by atoms with E-state index in [2.05, 4.69) is 25.8 Å². The van der Waals surface area contributed by atoms with Crippen LogP contribution in [0.1, 0.15) is 46.0 Å². The van der Waals surface area contributed by atoms with Gasteiger partial charge in [0.25, 0.3) is 0 Å². The number of carbonyl (C=O) groups excluding carboxylic acids is 1. The highest BCUT2D eigenvalue weighted by Gasteiger charge is 2.34. The molecule has 0 radical (unpaired) electrons. The van der Waals surface area contributed by atoms with Gasteiger partial charge in [-0.1, -0.05) is 26.7 Å². The summed E-state index contributed by atoms with van der Waals surface area (Å²) in [4.78, 5) is 13.5. The molecule has 0 spiro atoms. The number of hydrogen-bond donors (Lipinski definition) is 0. The van der Waals surface area contributed by atoms with Gasteiger partial charge in [0.2, 0.25) is 0 Å². The van der Waals surface area contributed by atoms with Crippen molar-refractivity contribution in [2.75, 3.05) is 20.1 Å². The first kappa shape index (κ1) is 12.7. The smallest absolute Gasteiger partial charge is 0.127 e. The van der Waals surface area contributed by atoms with Crippen molar-refractivity contribution in [1.82, 2.24) is 4.90 Å². The minimum Gasteiger partial charge on any atom is -0.305 e. The molecule has 0 aromatic rings. The maximum atomic E-state index is 11.2. The predicted molar refractivity (Wildman–Crippen MR) is 63.9 cm³/mol. The maximum Gasteiger partial charge on any atom is 0.127 e. The Bertz CT molecular complexity index is 195. The van der Waals surface area contributed by atoms with Crippen molar-refractivity contribution in [2.24, 2.45) is 11.3 Å². The molecule has 0 unspecified atom stereocenters. The number of nitrogens with zero attached hydrogens (tertiary/aromatic N) is 1. The van der Waals surface area contributed by atoms with Crippen molar-refractivity contribution in [2.45, 2.75) is 46.0 Å². The second kappa shape index (κ2) is 5.64. The first-order chi connectivity index (χ1) is 7.08. The lowest BCUT2D eigenvalue weighted by Gasteiger charge is -2.28. The van der Waals surface area contributed by atoms with E-state index < -0.39 is 0 Å². The fourth-order valence-electron chi connectivity index (χ4n) is 2.49. The van der Waals surface area contributed by atoms with E-state index in [0.29, 0.717) is 0 Å². The van der Waals surface area contributed by atoms with Crippen LogP contribution in [0.15, 0.2) is 0 Å². The van der Waals surface area contributed by atoms with Crippen LogP contribution in [0.3, 0.4) is 0 Å². The van der Waals surface area contributed by atoms with E-state index in [1.807, 2.05) is 0 Å². The standard InChI is InChI=1S/C13H25NO/c1-12(2)6-9-14(3)10-13(11-15)7-4-5-8-13/h11-12H,4-10H2,1-3H3. The molecule has 0 bridgehead atoms. The van der Waals surface area contributed by atoms with E-state index in [0.717, 1.165) is 31.8 Å². The molecule has 1 rings (SSSR count). The topological polar surface area (TPSA) is 20.3 Å². The van der Waals surface area contributed by atoms with Gasteiger partial charge in [-0.25, -0.2) is 0 Å². The summed E-state index contributed by atoms with van der Waals surface area (Å²) in [5.41, 5.74) is -0.00820. The molecule has 15 heavy (non-hydrogen) atoms. The highest BCUT2D eigenvalue weighted by atomic mass is 16.1. The number of rotatable bonds is 6. The van der Waals surface area contributed by atoms with Gasteiger partial charge in [0.05, 0.1) is 0 Å². The third-order valence-corrected chi connectivity index (χ3v) is 3.52. The van der Waals surface area contributed by atoms with Crippen LogP contribution in [0.5, 0.6) is 0 Å². The van der Waals surface area contributed by atoms with Crippen molar-refractivity contribution in [3.05, 3.63) is 0 Å². The average molecular weight is 211 g/mol. The molecule has 2 heteroatoms. The quantitative estimate of drug-likeness (QED) is 0.630. The Morgan fingerprint density at radius 3 is 2.40 bits per heavy atom. The zero-order chi connectivity index (χ0) is 11.3. The summed E-state index contributed by atoms with van der Waals surface area (Å²) in [7, 11) is 2.14. The van der Waals surface area contributed by atoms with Gasteiger partial charge in [-0.05, 0) is 38.8 Å². The lowest BCUT2D eigenvalue weighted by molar-refractivity contribution is -0.116. The summed E-state index contributed by atoms with van der Waals surface area (Å²) in [6.45, 7) is 6.58. The molecule has 2 nitrogen and oxygen atoms in total. The number of carbonyl (C=O) groups is 1. The summed E-state index contributed by atoms with van der Waals surface area (Å²) >= 11 is 0. The average Bonchev–Trinajstić information content (AvgIpc) is 2.64. The molecule has 88 valence electrons. The highest BCUT2D eigenvalue weighted by molar-refractivity contribution is 5.60. The lowest BCUT2D eigenvalue weighted by Crippen LogP contribution is -2.35. The van der Waals surface area contributed by atoms with E-state index in [-0.39, 0.29) is 5.41 Å². The molecule has 0 atom stereocenters. The van der Waals surface area contributed by atoms with Crippen LogP contribution >= 0.6 is 0 Å². The minimum absolute atomic E-state index is 0.00820. The molecule has 0 amide bonds. The van der Waals surface area contributed by atoms with Crippen molar-refractivity contribution >= 4 is 6.29 Å². The Hall–Kier alpha value is -0.370. The zero-order valence-corrected chi connectivity index (χ0v) is 10.5. The summed E-state index contributed by atoms with van der Waals surface area (Å²) in [5.74, 6) is 0.753. The summed E-state index contributed by atoms with van der Waals surface area (Å²) < 4.78 is 0. The van der Waals surface area contributed by atoms with Crippen molar-refractivity contribution in [3.63, 3.8) is 0 Å². The van der Waals surface area contributed by atoms with Gasteiger partial charge in [-0.2, -0.15) is 0 Å². The normalized spacial score (nSPS) is 20.1. The Morgan fingerprint density at radius 2 is 1.93 bits per heavy atom. The Kier molecular flexibility index (Phi) is 4.78. The van der Waals surface area contributed by atoms with E-state index >= 15 is 0 Å². The molecule has 1 aliphatic carbocycles. The predicted octanol–water partition coefficient (Wildman–Crippen LogP) is 2.72. The largest absolute Gasteiger partial charge is 0.305 e. The Balaban J connectivity index is 2.34. The van der Waals surface area contributed by atoms with E-state index in [1.54, 1.807) is 0 Å². The van der Waals surface area contributed by atoms with Crippen molar-refractivity contribution in [3.8, 4) is 0 Å². The van der Waals surface area contributed by atoms with E-state index in [4.69, 9.17) is 0 Å². The third kappa shape index (κ3) is 3.94. The van der Waals surface area contributed by atoms with Crippen LogP contribution in [0.2, 0.25) is 0 Å². The molecule has 0 aliphatic heterocycles. The highest BCUT2D eigenvalue weighted by Crippen LogP contribution is 2.36. The fraction of sp³-hybridized carbons (Fsp3) is 0.923. The van der Waals surface area contributed by atoms with Gasteiger partial charge in [0.1, 0.15) is 6.29 Å². The van der Waals surface area contributed by atoms with Crippen molar-refractivity contribution < 1.29 is 4.79 Å². The summed E-state index contributed by atoms with van der Waals surface area (Å²) in [6, 6.07) is 0. The molecule has 0 N–H and O–H groups in total. The number of hydrogen-bond acceptors (Lipinski definition) is 2. The first-order valence-corrected chi connectivity index (χ1v) is 6.23. The zero-order valence-electron chi connectivity index (χ0n) is 10.5. The molecule has 1 fully saturated rings. The molecule has 1 saturated carbocycles. The molecule has 0 saturated heterocycles. The van der Waals surface area contributed by atoms with Gasteiger partial charge in [-0.15, -0.1) is 0 Å². The molecule has 1 aliphatic rings. The molecule has 0 aromatic heterocycles. The second-order valence-electron chi connectivity index (χ2n) is 5.61. The Labute approximate surface area is 94.0 Å². The van der Waals surface area contributed by atoms with Crippen molar-refractivity contribution in [1.29, 1.82) is 0 Å².